The zero-order chi connectivity index (χ0) is 20.0. The van der Waals surface area contributed by atoms with Gasteiger partial charge in [0.25, 0.3) is 0 Å². The molecule has 0 heterocycles. The van der Waals surface area contributed by atoms with E-state index in [1.807, 2.05) is 0 Å². The molecule has 0 saturated heterocycles. The first-order valence-corrected chi connectivity index (χ1v) is 2.36. The van der Waals surface area contributed by atoms with Gasteiger partial charge in [-0.15, -0.1) is 0 Å². The number of carbonyl (C=O) groups excluding carboxylic acids is 10. The van der Waals surface area contributed by atoms with Crippen molar-refractivity contribution in [2.75, 3.05) is 0 Å². The van der Waals surface area contributed by atoms with Gasteiger partial charge in [0.15, 0.2) is 0 Å². The van der Waals surface area contributed by atoms with Crippen LogP contribution in [0, 0.1) is 0 Å². The Hall–Kier alpha value is -1.74. The van der Waals surface area contributed by atoms with E-state index in [4.69, 9.17) is 47.9 Å². The first-order valence-electron chi connectivity index (χ1n) is 2.36. The fourth-order valence-corrected chi connectivity index (χ4v) is 0. The molecule has 23 heavy (non-hydrogen) atoms. The minimum atomic E-state index is 0. The molecule has 0 aromatic carbocycles. The topological polar surface area (TPSA) is 171 Å². The molecular weight excluding hydrogens is 445 g/mol. The summed E-state index contributed by atoms with van der Waals surface area (Å²) < 4.78 is 0. The molecule has 0 aliphatic heterocycles. The molecule has 0 amide bonds. The van der Waals surface area contributed by atoms with Gasteiger partial charge in [-0.2, -0.15) is 0 Å². The van der Waals surface area contributed by atoms with Crippen molar-refractivity contribution < 1.29 is 99.2 Å². The van der Waals surface area contributed by atoms with Crippen LogP contribution in [0.1, 0.15) is 0 Å². The zero-order valence-corrected chi connectivity index (χ0v) is 14.5. The number of hydrogen-bond acceptors (Lipinski definition) is 10. The Balaban J connectivity index is -0.00000000433. The Morgan fingerprint density at radius 3 is 0.174 bits per heavy atom. The Bertz CT molecular complexity index is 66.1. The summed E-state index contributed by atoms with van der Waals surface area (Å²) in [5, 5.41) is 0. The molecule has 3 radical (unpaired) electrons. The zero-order valence-electron chi connectivity index (χ0n) is 11.0. The Morgan fingerprint density at radius 2 is 0.174 bits per heavy atom. The van der Waals surface area contributed by atoms with Gasteiger partial charge in [-0.1, -0.05) is 0 Å². The maximum absolute atomic E-state index is 7.75. The molecule has 0 rings (SSSR count). The molecule has 0 aliphatic rings. The molecule has 0 unspecified atom stereocenters. The average molecular weight is 455 g/mol. The second-order valence-corrected chi connectivity index (χ2v) is 0. The van der Waals surface area contributed by atoms with Crippen molar-refractivity contribution >= 4 is 67.9 Å². The summed E-state index contributed by atoms with van der Waals surface area (Å²) in [4.78, 5) is 77.5. The number of hydrogen-bond donors (Lipinski definition) is 0. The summed E-state index contributed by atoms with van der Waals surface area (Å²) in [7, 11) is 0. The third kappa shape index (κ3) is 2230. The van der Waals surface area contributed by atoms with Crippen molar-refractivity contribution in [1.82, 2.24) is 0 Å². The summed E-state index contributed by atoms with van der Waals surface area (Å²) in [6.45, 7) is 32.5. The molecule has 0 aromatic rings. The first kappa shape index (κ1) is 128. The van der Waals surface area contributed by atoms with Gasteiger partial charge in [0, 0.05) is 51.2 Å². The minimum absolute atomic E-state index is 0. The first-order chi connectivity index (χ1) is 10.0. The van der Waals surface area contributed by atoms with E-state index >= 15 is 0 Å². The van der Waals surface area contributed by atoms with Crippen molar-refractivity contribution in [3.63, 3.8) is 0 Å². The minimum Gasteiger partial charge on any atom is -0.545 e. The van der Waals surface area contributed by atoms with E-state index in [9.17, 15) is 0 Å². The molecule has 0 N–H and O–H groups in total. The van der Waals surface area contributed by atoms with E-state index in [0.717, 1.165) is 0 Å². The van der Waals surface area contributed by atoms with E-state index in [1.54, 1.807) is 0 Å². The quantitative estimate of drug-likeness (QED) is 0.212. The fraction of sp³-hybridized carbons (Fsp3) is 0. The molecule has 0 aliphatic carbocycles. The van der Waals surface area contributed by atoms with Crippen molar-refractivity contribution in [2.45, 2.75) is 0 Å². The van der Waals surface area contributed by atoms with Crippen LogP contribution in [0.3, 0.4) is 0 Å². The van der Waals surface area contributed by atoms with Gasteiger partial charge >= 0.3 is 0 Å². The normalized spacial score (nSPS) is 1.74. The number of rotatable bonds is 0. The predicted molar refractivity (Wildman–Crippen MR) is 67.5 cm³/mol. The van der Waals surface area contributed by atoms with Crippen LogP contribution >= 0.6 is 0 Å². The van der Waals surface area contributed by atoms with Crippen LogP contribution < -0.4 is 0 Å². The van der Waals surface area contributed by atoms with E-state index in [0.29, 0.717) is 0 Å². The summed E-state index contributed by atoms with van der Waals surface area (Å²) >= 11 is 0. The van der Waals surface area contributed by atoms with Crippen molar-refractivity contribution in [3.8, 4) is 0 Å². The molecule has 0 spiro atoms. The van der Waals surface area contributed by atoms with Gasteiger partial charge in [-0.05, 0) is 0 Å². The van der Waals surface area contributed by atoms with Crippen LogP contribution in [0.25, 0.3) is 0 Å². The molecule has 0 aromatic heterocycles. The van der Waals surface area contributed by atoms with E-state index in [2.05, 4.69) is 67.9 Å². The Kier molecular flexibility index (Phi) is 13800. The molecule has 141 valence electrons. The van der Waals surface area contributed by atoms with Gasteiger partial charge in [0.2, 0.25) is 0 Å². The second kappa shape index (κ2) is 2480. The van der Waals surface area contributed by atoms with Gasteiger partial charge in [-0.25, -0.2) is 0 Å². The summed E-state index contributed by atoms with van der Waals surface area (Å²) in [5.74, 6) is 0. The van der Waals surface area contributed by atoms with Crippen LogP contribution in [-0.2, 0) is 99.2 Å². The smallest absolute Gasteiger partial charge is 0 e. The van der Waals surface area contributed by atoms with E-state index in [-0.39, 0.29) is 51.2 Å². The monoisotopic (exact) mass is 455 g/mol. The molecule has 0 saturated carbocycles. The molecular formula is C10H10Mn3O10-10. The van der Waals surface area contributed by atoms with Crippen LogP contribution in [-0.4, -0.2) is 67.9 Å². The summed E-state index contributed by atoms with van der Waals surface area (Å²) in [6.07, 6.45) is 0. The van der Waals surface area contributed by atoms with Gasteiger partial charge < -0.3 is 47.9 Å². The fourth-order valence-electron chi connectivity index (χ4n) is 0. The standard InChI is InChI=1S/10CHO.3Mn/c10*1-2;;;/h10*1H;;;/q10*-1;;;. The maximum atomic E-state index is 7.75. The van der Waals surface area contributed by atoms with E-state index < -0.39 is 0 Å². The third-order valence-electron chi connectivity index (χ3n) is 0. The van der Waals surface area contributed by atoms with Crippen LogP contribution in [0.4, 0.5) is 0 Å². The van der Waals surface area contributed by atoms with Gasteiger partial charge in [0.05, 0.1) is 0 Å². The second-order valence-electron chi connectivity index (χ2n) is 0. The van der Waals surface area contributed by atoms with Gasteiger partial charge in [0.1, 0.15) is 0 Å². The van der Waals surface area contributed by atoms with E-state index in [1.165, 1.54) is 0 Å². The Morgan fingerprint density at radius 1 is 0.174 bits per heavy atom. The third-order valence-corrected chi connectivity index (χ3v) is 0. The summed E-state index contributed by atoms with van der Waals surface area (Å²) in [5.41, 5.74) is 0. The molecule has 13 heteroatoms. The molecule has 0 fully saturated rings. The van der Waals surface area contributed by atoms with Crippen LogP contribution in [0.15, 0.2) is 0 Å². The molecule has 0 bridgehead atoms. The Labute approximate surface area is 166 Å². The summed E-state index contributed by atoms with van der Waals surface area (Å²) in [6, 6.07) is 0. The maximum Gasteiger partial charge on any atom is 0 e. The molecule has 0 atom stereocenters. The SMILES string of the molecule is [CH-]=O.[CH-]=O.[CH-]=O.[CH-]=O.[CH-]=O.[CH-]=O.[CH-]=O.[CH-]=O.[CH-]=O.[CH-]=O.[Mn].[Mn].[Mn]. The average Bonchev–Trinajstić information content (AvgIpc) is 2.71. The van der Waals surface area contributed by atoms with Crippen molar-refractivity contribution in [1.29, 1.82) is 0 Å². The largest absolute Gasteiger partial charge is 0.545 e. The predicted octanol–water partition coefficient (Wildman–Crippen LogP) is -2.75. The van der Waals surface area contributed by atoms with Gasteiger partial charge in [-0.3, -0.25) is 67.9 Å². The van der Waals surface area contributed by atoms with Crippen LogP contribution in [0.5, 0.6) is 0 Å². The van der Waals surface area contributed by atoms with Crippen molar-refractivity contribution in [3.05, 3.63) is 0 Å². The molecule has 10 nitrogen and oxygen atoms in total. The van der Waals surface area contributed by atoms with Crippen molar-refractivity contribution in [2.24, 2.45) is 0 Å². The van der Waals surface area contributed by atoms with Crippen LogP contribution in [0.2, 0.25) is 0 Å².